The first-order chi connectivity index (χ1) is 13.5. The number of nitrogens with zero attached hydrogens (tertiary/aromatic N) is 1. The highest BCUT2D eigenvalue weighted by Gasteiger charge is 2.11. The SMILES string of the molecule is CC(=O)N1CCOCC1.Clc1ccc(/C=C/c2cc3ccc(Br)cc3[nH]2)cc1. The van der Waals surface area contributed by atoms with Crippen LogP contribution in [-0.2, 0) is 9.53 Å². The fourth-order valence-corrected chi connectivity index (χ4v) is 3.34. The van der Waals surface area contributed by atoms with E-state index in [9.17, 15) is 4.79 Å². The van der Waals surface area contributed by atoms with Gasteiger partial charge in [-0.3, -0.25) is 4.79 Å². The normalized spacial score (nSPS) is 14.2. The molecule has 1 aliphatic rings. The molecule has 4 nitrogen and oxygen atoms in total. The van der Waals surface area contributed by atoms with Crippen molar-refractivity contribution in [3.8, 4) is 0 Å². The van der Waals surface area contributed by atoms with Crippen molar-refractivity contribution in [1.29, 1.82) is 0 Å². The quantitative estimate of drug-likeness (QED) is 0.538. The standard InChI is InChI=1S/C16H11BrClN.C6H11NO2/c17-13-5-4-12-9-15(19-16(12)10-13)8-3-11-1-6-14(18)7-2-11;1-6(8)7-2-4-9-5-3-7/h1-10,19H;2-5H2,1H3/b8-3+;. The van der Waals surface area contributed by atoms with Crippen molar-refractivity contribution in [2.45, 2.75) is 6.92 Å². The van der Waals surface area contributed by atoms with Crippen LogP contribution in [0.5, 0.6) is 0 Å². The van der Waals surface area contributed by atoms with Crippen LogP contribution in [0.15, 0.2) is 53.0 Å². The van der Waals surface area contributed by atoms with E-state index in [4.69, 9.17) is 16.3 Å². The minimum absolute atomic E-state index is 0.151. The monoisotopic (exact) mass is 460 g/mol. The summed E-state index contributed by atoms with van der Waals surface area (Å²) in [5.41, 5.74) is 3.34. The summed E-state index contributed by atoms with van der Waals surface area (Å²) in [5.74, 6) is 0.151. The molecule has 4 rings (SSSR count). The highest BCUT2D eigenvalue weighted by molar-refractivity contribution is 9.10. The van der Waals surface area contributed by atoms with Gasteiger partial charge in [-0.05, 0) is 42.0 Å². The molecule has 1 N–H and O–H groups in total. The van der Waals surface area contributed by atoms with Gasteiger partial charge in [0.25, 0.3) is 0 Å². The Balaban J connectivity index is 0.000000211. The Morgan fingerprint density at radius 3 is 2.46 bits per heavy atom. The molecule has 2 heterocycles. The molecule has 0 aliphatic carbocycles. The van der Waals surface area contributed by atoms with Gasteiger partial charge in [-0.25, -0.2) is 0 Å². The van der Waals surface area contributed by atoms with Gasteiger partial charge in [0.2, 0.25) is 5.91 Å². The summed E-state index contributed by atoms with van der Waals surface area (Å²) in [7, 11) is 0. The first kappa shape index (κ1) is 20.6. The molecular formula is C22H22BrClN2O2. The van der Waals surface area contributed by atoms with E-state index in [2.05, 4.69) is 51.3 Å². The zero-order valence-electron chi connectivity index (χ0n) is 15.6. The summed E-state index contributed by atoms with van der Waals surface area (Å²) >= 11 is 9.34. The Labute approximate surface area is 178 Å². The van der Waals surface area contributed by atoms with Crippen LogP contribution in [-0.4, -0.2) is 42.1 Å². The fourth-order valence-electron chi connectivity index (χ4n) is 2.85. The lowest BCUT2D eigenvalue weighted by molar-refractivity contribution is -0.132. The molecular weight excluding hydrogens is 440 g/mol. The minimum Gasteiger partial charge on any atom is -0.378 e. The maximum Gasteiger partial charge on any atom is 0.219 e. The number of hydrogen-bond donors (Lipinski definition) is 1. The van der Waals surface area contributed by atoms with Crippen molar-refractivity contribution >= 4 is 56.5 Å². The van der Waals surface area contributed by atoms with E-state index in [0.29, 0.717) is 13.2 Å². The molecule has 28 heavy (non-hydrogen) atoms. The highest BCUT2D eigenvalue weighted by Crippen LogP contribution is 2.21. The van der Waals surface area contributed by atoms with Gasteiger partial charge in [-0.1, -0.05) is 51.8 Å². The van der Waals surface area contributed by atoms with Gasteiger partial charge in [0.15, 0.2) is 0 Å². The number of halogens is 2. The van der Waals surface area contributed by atoms with E-state index in [0.717, 1.165) is 39.4 Å². The molecule has 1 aromatic heterocycles. The van der Waals surface area contributed by atoms with Crippen LogP contribution < -0.4 is 0 Å². The zero-order chi connectivity index (χ0) is 19.9. The number of morpholine rings is 1. The number of aromatic nitrogens is 1. The average Bonchev–Trinajstić information content (AvgIpc) is 3.11. The van der Waals surface area contributed by atoms with Crippen molar-refractivity contribution in [2.75, 3.05) is 26.3 Å². The summed E-state index contributed by atoms with van der Waals surface area (Å²) in [6.07, 6.45) is 4.13. The van der Waals surface area contributed by atoms with Crippen molar-refractivity contribution < 1.29 is 9.53 Å². The van der Waals surface area contributed by atoms with Crippen LogP contribution in [0.4, 0.5) is 0 Å². The number of benzene rings is 2. The van der Waals surface area contributed by atoms with Crippen molar-refractivity contribution in [3.05, 3.63) is 69.3 Å². The lowest BCUT2D eigenvalue weighted by Crippen LogP contribution is -2.39. The predicted octanol–water partition coefficient (Wildman–Crippen LogP) is 5.62. The molecule has 0 spiro atoms. The third kappa shape index (κ3) is 5.96. The third-order valence-electron chi connectivity index (χ3n) is 4.39. The van der Waals surface area contributed by atoms with E-state index >= 15 is 0 Å². The second-order valence-electron chi connectivity index (χ2n) is 6.46. The van der Waals surface area contributed by atoms with E-state index in [-0.39, 0.29) is 5.91 Å². The number of hydrogen-bond acceptors (Lipinski definition) is 2. The van der Waals surface area contributed by atoms with Crippen LogP contribution in [0, 0.1) is 0 Å². The van der Waals surface area contributed by atoms with E-state index in [1.54, 1.807) is 11.8 Å². The molecule has 6 heteroatoms. The maximum absolute atomic E-state index is 10.7. The molecule has 0 bridgehead atoms. The number of ether oxygens (including phenoxy) is 1. The Morgan fingerprint density at radius 2 is 1.82 bits per heavy atom. The molecule has 146 valence electrons. The van der Waals surface area contributed by atoms with Crippen LogP contribution in [0.25, 0.3) is 23.1 Å². The van der Waals surface area contributed by atoms with Gasteiger partial charge in [0.05, 0.1) is 13.2 Å². The number of amides is 1. The minimum atomic E-state index is 0.151. The Hall–Kier alpha value is -2.08. The number of carbonyl (C=O) groups is 1. The number of rotatable bonds is 2. The molecule has 2 aromatic carbocycles. The molecule has 0 unspecified atom stereocenters. The number of nitrogens with one attached hydrogen (secondary N) is 1. The Morgan fingerprint density at radius 1 is 1.11 bits per heavy atom. The first-order valence-electron chi connectivity index (χ1n) is 9.06. The van der Waals surface area contributed by atoms with Crippen LogP contribution in [0.1, 0.15) is 18.2 Å². The number of H-pyrrole nitrogens is 1. The van der Waals surface area contributed by atoms with Crippen molar-refractivity contribution in [3.63, 3.8) is 0 Å². The van der Waals surface area contributed by atoms with Gasteiger partial charge in [-0.15, -0.1) is 0 Å². The van der Waals surface area contributed by atoms with E-state index in [1.165, 1.54) is 5.39 Å². The number of carbonyl (C=O) groups excluding carboxylic acids is 1. The molecule has 0 saturated carbocycles. The van der Waals surface area contributed by atoms with Crippen molar-refractivity contribution in [1.82, 2.24) is 9.88 Å². The largest absolute Gasteiger partial charge is 0.378 e. The highest BCUT2D eigenvalue weighted by atomic mass is 79.9. The molecule has 0 atom stereocenters. The summed E-state index contributed by atoms with van der Waals surface area (Å²) in [4.78, 5) is 15.8. The summed E-state index contributed by atoms with van der Waals surface area (Å²) in [5, 5.41) is 1.96. The summed E-state index contributed by atoms with van der Waals surface area (Å²) in [6.45, 7) is 4.50. The third-order valence-corrected chi connectivity index (χ3v) is 5.13. The van der Waals surface area contributed by atoms with Crippen LogP contribution in [0.3, 0.4) is 0 Å². The molecule has 1 saturated heterocycles. The second-order valence-corrected chi connectivity index (χ2v) is 7.81. The second kappa shape index (κ2) is 9.92. The Kier molecular flexibility index (Phi) is 7.31. The maximum atomic E-state index is 10.7. The van der Waals surface area contributed by atoms with E-state index < -0.39 is 0 Å². The zero-order valence-corrected chi connectivity index (χ0v) is 18.0. The number of fused-ring (bicyclic) bond motifs is 1. The molecule has 1 aliphatic heterocycles. The molecule has 0 radical (unpaired) electrons. The summed E-state index contributed by atoms with van der Waals surface area (Å²) in [6, 6.07) is 16.1. The lowest BCUT2D eigenvalue weighted by Gasteiger charge is -2.25. The lowest BCUT2D eigenvalue weighted by atomic mass is 10.2. The van der Waals surface area contributed by atoms with Crippen LogP contribution in [0.2, 0.25) is 5.02 Å². The fraction of sp³-hybridized carbons (Fsp3) is 0.227. The van der Waals surface area contributed by atoms with Gasteiger partial charge in [-0.2, -0.15) is 0 Å². The Bertz CT molecular complexity index is 960. The first-order valence-corrected chi connectivity index (χ1v) is 10.2. The topological polar surface area (TPSA) is 45.3 Å². The van der Waals surface area contributed by atoms with Gasteiger partial charge < -0.3 is 14.6 Å². The number of aromatic amines is 1. The molecule has 1 amide bonds. The smallest absolute Gasteiger partial charge is 0.219 e. The van der Waals surface area contributed by atoms with Crippen molar-refractivity contribution in [2.24, 2.45) is 0 Å². The average molecular weight is 462 g/mol. The summed E-state index contributed by atoms with van der Waals surface area (Å²) < 4.78 is 6.13. The van der Waals surface area contributed by atoms with Gasteiger partial charge in [0, 0.05) is 46.1 Å². The van der Waals surface area contributed by atoms with Crippen LogP contribution >= 0.6 is 27.5 Å². The molecule has 3 aromatic rings. The van der Waals surface area contributed by atoms with Gasteiger partial charge in [0.1, 0.15) is 0 Å². The molecule has 1 fully saturated rings. The van der Waals surface area contributed by atoms with Gasteiger partial charge >= 0.3 is 0 Å². The predicted molar refractivity (Wildman–Crippen MR) is 119 cm³/mol. The van der Waals surface area contributed by atoms with E-state index in [1.807, 2.05) is 30.3 Å².